The van der Waals surface area contributed by atoms with Crippen molar-refractivity contribution in [1.29, 1.82) is 0 Å². The molecule has 0 aliphatic carbocycles. The van der Waals surface area contributed by atoms with E-state index in [9.17, 15) is 0 Å². The summed E-state index contributed by atoms with van der Waals surface area (Å²) in [6.45, 7) is 13.7. The van der Waals surface area contributed by atoms with Gasteiger partial charge in [0.1, 0.15) is 0 Å². The van der Waals surface area contributed by atoms with E-state index in [2.05, 4.69) is 32.7 Å². The average Bonchev–Trinajstić information content (AvgIpc) is 2.06. The van der Waals surface area contributed by atoms with Gasteiger partial charge in [-0.15, -0.1) is 0 Å². The van der Waals surface area contributed by atoms with E-state index in [0.717, 1.165) is 6.61 Å². The van der Waals surface area contributed by atoms with Crippen molar-refractivity contribution < 1.29 is 4.74 Å². The van der Waals surface area contributed by atoms with Crippen molar-refractivity contribution in [2.45, 2.75) is 70.1 Å². The number of unbranched alkanes of at least 4 members (excludes halogenated alkanes) is 3. The zero-order chi connectivity index (χ0) is 12.7. The molecule has 0 aliphatic rings. The molecule has 0 unspecified atom stereocenters. The van der Waals surface area contributed by atoms with E-state index in [1.54, 1.807) is 12.8 Å². The van der Waals surface area contributed by atoms with Crippen LogP contribution in [-0.2, 0) is 4.74 Å². The minimum absolute atomic E-state index is 0.832. The molecule has 0 atom stereocenters. The summed E-state index contributed by atoms with van der Waals surface area (Å²) < 4.78 is 5.07. The molecule has 0 radical (unpaired) electrons. The largest absolute Gasteiger partial charge is 0.385 e. The van der Waals surface area contributed by atoms with Crippen LogP contribution in [-0.4, -0.2) is 29.9 Å². The molecule has 3 heteroatoms. The fraction of sp³-hybridized carbons (Fsp3) is 1.00. The molecule has 0 fully saturated rings. The first-order valence-electron chi connectivity index (χ1n) is 6.76. The maximum absolute atomic E-state index is 5.07. The molecule has 0 saturated heterocycles. The van der Waals surface area contributed by atoms with Crippen LogP contribution in [0.2, 0.25) is 44.4 Å². The molecule has 0 spiro atoms. The first kappa shape index (κ1) is 16.4. The molecule has 0 aliphatic heterocycles. The van der Waals surface area contributed by atoms with E-state index >= 15 is 0 Å². The lowest BCUT2D eigenvalue weighted by Gasteiger charge is -2.29. The highest BCUT2D eigenvalue weighted by Gasteiger charge is 2.27. The molecule has 0 rings (SSSR count). The van der Waals surface area contributed by atoms with E-state index in [1.807, 2.05) is 0 Å². The average molecular weight is 261 g/mol. The monoisotopic (exact) mass is 260 g/mol. The van der Waals surface area contributed by atoms with Crippen molar-refractivity contribution in [3.8, 4) is 0 Å². The van der Waals surface area contributed by atoms with Gasteiger partial charge in [0, 0.05) is 29.9 Å². The number of methoxy groups -OCH3 is 1. The predicted octanol–water partition coefficient (Wildman–Crippen LogP) is 4.78. The molecule has 1 nitrogen and oxygen atoms in total. The summed E-state index contributed by atoms with van der Waals surface area (Å²) in [6, 6.07) is 1.53. The van der Waals surface area contributed by atoms with Crippen LogP contribution in [0.4, 0.5) is 0 Å². The minimum atomic E-state index is -0.877. The zero-order valence-corrected chi connectivity index (χ0v) is 14.4. The Morgan fingerprint density at radius 3 is 1.88 bits per heavy atom. The first-order valence-corrected chi connectivity index (χ1v) is 13.9. The van der Waals surface area contributed by atoms with Gasteiger partial charge in [-0.25, -0.2) is 0 Å². The lowest BCUT2D eigenvalue weighted by molar-refractivity contribution is 0.192. The maximum Gasteiger partial charge on any atom is 0.0462 e. The van der Waals surface area contributed by atoms with E-state index in [1.165, 1.54) is 31.7 Å². The van der Waals surface area contributed by atoms with Gasteiger partial charge in [0.05, 0.1) is 0 Å². The number of rotatable bonds is 9. The summed E-state index contributed by atoms with van der Waals surface area (Å²) in [7, 11) is 0.0868. The Morgan fingerprint density at radius 2 is 1.38 bits per heavy atom. The van der Waals surface area contributed by atoms with Crippen molar-refractivity contribution in [2.75, 3.05) is 13.7 Å². The summed E-state index contributed by atoms with van der Waals surface area (Å²) in [5.74, 6) is 0. The van der Waals surface area contributed by atoms with Crippen LogP contribution in [0.3, 0.4) is 0 Å². The minimum Gasteiger partial charge on any atom is -0.385 e. The lowest BCUT2D eigenvalue weighted by Crippen LogP contribution is -2.37. The van der Waals surface area contributed by atoms with Crippen LogP contribution < -0.4 is 0 Å². The van der Waals surface area contributed by atoms with Gasteiger partial charge in [-0.05, 0) is 6.42 Å². The quantitative estimate of drug-likeness (QED) is 0.428. The van der Waals surface area contributed by atoms with Crippen molar-refractivity contribution in [3.63, 3.8) is 0 Å². The molecule has 0 amide bonds. The second-order valence-electron chi connectivity index (χ2n) is 7.06. The van der Waals surface area contributed by atoms with E-state index in [0.29, 0.717) is 0 Å². The highest BCUT2D eigenvalue weighted by Crippen LogP contribution is 2.25. The molecule has 0 N–H and O–H groups in total. The molecule has 0 aromatic carbocycles. The first-order chi connectivity index (χ1) is 7.27. The molecule has 0 heterocycles. The van der Waals surface area contributed by atoms with Gasteiger partial charge < -0.3 is 4.74 Å². The van der Waals surface area contributed by atoms with Crippen molar-refractivity contribution >= 4 is 16.1 Å². The SMILES string of the molecule is COCCCCCC[Si](C)(C)C[Si](C)(C)C. The molecule has 0 saturated carbocycles. The summed E-state index contributed by atoms with van der Waals surface area (Å²) >= 11 is 0. The highest BCUT2D eigenvalue weighted by atomic mass is 28.4. The van der Waals surface area contributed by atoms with Gasteiger partial charge in [0.2, 0.25) is 0 Å². The second kappa shape index (κ2) is 7.67. The number of ether oxygens (including phenoxy) is 1. The molecule has 0 aromatic rings. The van der Waals surface area contributed by atoms with Crippen LogP contribution >= 0.6 is 0 Å². The zero-order valence-electron chi connectivity index (χ0n) is 12.4. The van der Waals surface area contributed by atoms with Gasteiger partial charge in [0.15, 0.2) is 0 Å². The van der Waals surface area contributed by atoms with Gasteiger partial charge in [-0.1, -0.05) is 63.7 Å². The molecular weight excluding hydrogens is 228 g/mol. The van der Waals surface area contributed by atoms with Crippen LogP contribution in [0.15, 0.2) is 0 Å². The van der Waals surface area contributed by atoms with E-state index in [4.69, 9.17) is 4.74 Å². The van der Waals surface area contributed by atoms with Crippen molar-refractivity contribution in [1.82, 2.24) is 0 Å². The smallest absolute Gasteiger partial charge is 0.0462 e. The molecule has 98 valence electrons. The van der Waals surface area contributed by atoms with Gasteiger partial charge in [-0.3, -0.25) is 0 Å². The summed E-state index contributed by atoms with van der Waals surface area (Å²) in [6.07, 6.45) is 5.46. The number of hydrogen-bond donors (Lipinski definition) is 0. The summed E-state index contributed by atoms with van der Waals surface area (Å²) in [5, 5.41) is 0. The number of hydrogen-bond acceptors (Lipinski definition) is 1. The second-order valence-corrected chi connectivity index (χ2v) is 18.4. The Balaban J connectivity index is 3.58. The topological polar surface area (TPSA) is 9.23 Å². The highest BCUT2D eigenvalue weighted by molar-refractivity contribution is 6.94. The lowest BCUT2D eigenvalue weighted by atomic mass is 10.2. The Morgan fingerprint density at radius 1 is 0.812 bits per heavy atom. The Labute approximate surface area is 105 Å². The Bertz CT molecular complexity index is 173. The van der Waals surface area contributed by atoms with Crippen LogP contribution in [0, 0.1) is 0 Å². The Kier molecular flexibility index (Phi) is 7.86. The maximum atomic E-state index is 5.07. The van der Waals surface area contributed by atoms with Crippen LogP contribution in [0.1, 0.15) is 25.7 Å². The Hall–Kier alpha value is 0.394. The third-order valence-corrected chi connectivity index (χ3v) is 12.7. The molecule has 0 bridgehead atoms. The van der Waals surface area contributed by atoms with E-state index in [-0.39, 0.29) is 0 Å². The van der Waals surface area contributed by atoms with Gasteiger partial charge in [-0.2, -0.15) is 0 Å². The third kappa shape index (κ3) is 10.9. The third-order valence-electron chi connectivity index (χ3n) is 2.96. The van der Waals surface area contributed by atoms with E-state index < -0.39 is 16.1 Å². The van der Waals surface area contributed by atoms with Gasteiger partial charge >= 0.3 is 0 Å². The normalized spacial score (nSPS) is 13.1. The fourth-order valence-electron chi connectivity index (χ4n) is 2.73. The van der Waals surface area contributed by atoms with Gasteiger partial charge in [0.25, 0.3) is 0 Å². The summed E-state index contributed by atoms with van der Waals surface area (Å²) in [4.78, 5) is 0. The van der Waals surface area contributed by atoms with Crippen LogP contribution in [0.25, 0.3) is 0 Å². The predicted molar refractivity (Wildman–Crippen MR) is 80.8 cm³/mol. The van der Waals surface area contributed by atoms with Crippen LogP contribution in [0.5, 0.6) is 0 Å². The van der Waals surface area contributed by atoms with Crippen molar-refractivity contribution in [3.05, 3.63) is 0 Å². The fourth-order valence-corrected chi connectivity index (χ4v) is 16.1. The van der Waals surface area contributed by atoms with Crippen molar-refractivity contribution in [2.24, 2.45) is 0 Å². The molecular formula is C13H32OSi2. The molecule has 16 heavy (non-hydrogen) atoms. The summed E-state index contributed by atoms with van der Waals surface area (Å²) in [5.41, 5.74) is 1.60. The standard InChI is InChI=1S/C13H32OSi2/c1-14-11-9-7-8-10-12-16(5,6)13-15(2,3)4/h7-13H2,1-6H3. The molecule has 0 aromatic heterocycles.